The van der Waals surface area contributed by atoms with Crippen molar-refractivity contribution in [3.05, 3.63) is 95.8 Å². The Morgan fingerprint density at radius 2 is 1.77 bits per heavy atom. The molecule has 1 heterocycles. The number of nitrogens with zero attached hydrogens (tertiary/aromatic N) is 2. The van der Waals surface area contributed by atoms with E-state index in [9.17, 15) is 14.0 Å². The van der Waals surface area contributed by atoms with E-state index in [4.69, 9.17) is 4.74 Å². The molecular formula is C27H26FN3O3S. The molecule has 4 rings (SSSR count). The molecule has 2 amide bonds. The number of thioether (sulfide) groups is 1. The van der Waals surface area contributed by atoms with E-state index in [1.165, 1.54) is 23.9 Å². The van der Waals surface area contributed by atoms with Crippen LogP contribution in [0.15, 0.2) is 83.9 Å². The Morgan fingerprint density at radius 1 is 1.06 bits per heavy atom. The summed E-state index contributed by atoms with van der Waals surface area (Å²) in [6.07, 6.45) is 0.776. The first kappa shape index (κ1) is 24.5. The molecule has 35 heavy (non-hydrogen) atoms. The van der Waals surface area contributed by atoms with Crippen LogP contribution in [0, 0.1) is 5.82 Å². The van der Waals surface area contributed by atoms with Gasteiger partial charge in [-0.3, -0.25) is 14.5 Å². The highest BCUT2D eigenvalue weighted by Crippen LogP contribution is 2.30. The molecule has 6 nitrogen and oxygen atoms in total. The fourth-order valence-corrected chi connectivity index (χ4v) is 4.75. The molecule has 1 N–H and O–H groups in total. The molecule has 1 aliphatic rings. The number of methoxy groups -OCH3 is 1. The first-order valence-corrected chi connectivity index (χ1v) is 12.2. The van der Waals surface area contributed by atoms with Crippen molar-refractivity contribution in [2.75, 3.05) is 13.7 Å². The number of aliphatic imine (C=N–C) groups is 1. The smallest absolute Gasteiger partial charge is 0.234 e. The third-order valence-corrected chi connectivity index (χ3v) is 6.73. The van der Waals surface area contributed by atoms with Gasteiger partial charge in [0.25, 0.3) is 0 Å². The summed E-state index contributed by atoms with van der Waals surface area (Å²) >= 11 is 1.25. The van der Waals surface area contributed by atoms with Gasteiger partial charge < -0.3 is 10.1 Å². The summed E-state index contributed by atoms with van der Waals surface area (Å²) in [6, 6.07) is 23.0. The van der Waals surface area contributed by atoms with Crippen LogP contribution in [0.3, 0.4) is 0 Å². The average molecular weight is 492 g/mol. The fourth-order valence-electron chi connectivity index (χ4n) is 3.62. The van der Waals surface area contributed by atoms with Crippen LogP contribution in [0.25, 0.3) is 0 Å². The zero-order valence-electron chi connectivity index (χ0n) is 19.3. The van der Waals surface area contributed by atoms with Crippen molar-refractivity contribution >= 4 is 34.4 Å². The van der Waals surface area contributed by atoms with Gasteiger partial charge in [-0.05, 0) is 53.9 Å². The van der Waals surface area contributed by atoms with Gasteiger partial charge >= 0.3 is 0 Å². The lowest BCUT2D eigenvalue weighted by Crippen LogP contribution is -2.46. The molecule has 1 unspecified atom stereocenters. The molecule has 1 saturated heterocycles. The van der Waals surface area contributed by atoms with Crippen molar-refractivity contribution in [3.63, 3.8) is 0 Å². The van der Waals surface area contributed by atoms with Gasteiger partial charge in [-0.25, -0.2) is 9.38 Å². The Hall–Kier alpha value is -3.65. The minimum atomic E-state index is -0.593. The van der Waals surface area contributed by atoms with Crippen LogP contribution in [-0.4, -0.2) is 40.8 Å². The molecule has 0 aliphatic carbocycles. The summed E-state index contributed by atoms with van der Waals surface area (Å²) in [7, 11) is 1.60. The van der Waals surface area contributed by atoms with E-state index < -0.39 is 5.25 Å². The number of hydrogen-bond donors (Lipinski definition) is 1. The van der Waals surface area contributed by atoms with Gasteiger partial charge in [0.1, 0.15) is 11.6 Å². The molecule has 1 atom stereocenters. The van der Waals surface area contributed by atoms with Gasteiger partial charge in [0.15, 0.2) is 5.17 Å². The van der Waals surface area contributed by atoms with Crippen molar-refractivity contribution in [1.29, 1.82) is 0 Å². The largest absolute Gasteiger partial charge is 0.497 e. The SMILES string of the molecule is COc1ccc(CN2C(=O)CC(C(=O)NCCc3ccccc3)SC2=Nc2ccc(F)cc2)cc1. The summed E-state index contributed by atoms with van der Waals surface area (Å²) in [5.41, 5.74) is 2.54. The number of amidine groups is 1. The molecule has 0 spiro atoms. The molecule has 0 radical (unpaired) electrons. The molecule has 0 saturated carbocycles. The van der Waals surface area contributed by atoms with Crippen LogP contribution < -0.4 is 10.1 Å². The normalized spacial score (nSPS) is 16.9. The standard InChI is InChI=1S/C27H26FN3O3S/c1-34-23-13-7-20(8-14-23)18-31-25(32)17-24(26(33)29-16-15-19-5-3-2-4-6-19)35-27(31)30-22-11-9-21(28)10-12-22/h2-14,24H,15-18H2,1H3,(H,29,33). The number of nitrogens with one attached hydrogen (secondary N) is 1. The van der Waals surface area contributed by atoms with Crippen LogP contribution in [0.2, 0.25) is 0 Å². The van der Waals surface area contributed by atoms with Crippen LogP contribution in [-0.2, 0) is 22.6 Å². The summed E-state index contributed by atoms with van der Waals surface area (Å²) in [6.45, 7) is 0.784. The summed E-state index contributed by atoms with van der Waals surface area (Å²) < 4.78 is 18.6. The maximum absolute atomic E-state index is 13.4. The molecule has 3 aromatic rings. The number of carbonyl (C=O) groups is 2. The molecule has 0 bridgehead atoms. The summed E-state index contributed by atoms with van der Waals surface area (Å²) in [5.74, 6) is -0.0357. The lowest BCUT2D eigenvalue weighted by Gasteiger charge is -2.32. The molecule has 8 heteroatoms. The first-order valence-electron chi connectivity index (χ1n) is 11.3. The zero-order chi connectivity index (χ0) is 24.6. The molecule has 0 aromatic heterocycles. The van der Waals surface area contributed by atoms with Crippen LogP contribution in [0.5, 0.6) is 5.75 Å². The number of halogens is 1. The second-order valence-electron chi connectivity index (χ2n) is 8.04. The molecule has 180 valence electrons. The lowest BCUT2D eigenvalue weighted by molar-refractivity contribution is -0.130. The second kappa shape index (κ2) is 11.7. The van der Waals surface area contributed by atoms with Gasteiger partial charge in [0.05, 0.1) is 24.6 Å². The zero-order valence-corrected chi connectivity index (χ0v) is 20.1. The van der Waals surface area contributed by atoms with E-state index >= 15 is 0 Å². The van der Waals surface area contributed by atoms with Crippen molar-refractivity contribution in [2.45, 2.75) is 24.6 Å². The Kier molecular flexibility index (Phi) is 8.15. The summed E-state index contributed by atoms with van der Waals surface area (Å²) in [5, 5.41) is 2.76. The van der Waals surface area contributed by atoms with Gasteiger partial charge in [-0.2, -0.15) is 0 Å². The van der Waals surface area contributed by atoms with Crippen LogP contribution in [0.1, 0.15) is 17.5 Å². The quantitative estimate of drug-likeness (QED) is 0.495. The number of benzene rings is 3. The average Bonchev–Trinajstić information content (AvgIpc) is 2.88. The minimum Gasteiger partial charge on any atom is -0.497 e. The Labute approximate surface area is 208 Å². The number of ether oxygens (including phenoxy) is 1. The van der Waals surface area contributed by atoms with E-state index in [0.29, 0.717) is 30.4 Å². The van der Waals surface area contributed by atoms with Gasteiger partial charge in [0, 0.05) is 13.0 Å². The monoisotopic (exact) mass is 491 g/mol. The Morgan fingerprint density at radius 3 is 2.46 bits per heavy atom. The van der Waals surface area contributed by atoms with E-state index in [0.717, 1.165) is 16.9 Å². The predicted molar refractivity (Wildman–Crippen MR) is 136 cm³/mol. The Bertz CT molecular complexity index is 1180. The third-order valence-electron chi connectivity index (χ3n) is 5.54. The number of amides is 2. The van der Waals surface area contributed by atoms with Crippen molar-refractivity contribution < 1.29 is 18.7 Å². The number of rotatable bonds is 8. The highest BCUT2D eigenvalue weighted by molar-refractivity contribution is 8.15. The van der Waals surface area contributed by atoms with Crippen molar-refractivity contribution in [3.8, 4) is 5.75 Å². The highest BCUT2D eigenvalue weighted by atomic mass is 32.2. The minimum absolute atomic E-state index is 0.0699. The maximum atomic E-state index is 13.4. The molecule has 3 aromatic carbocycles. The van der Waals surface area contributed by atoms with E-state index in [2.05, 4.69) is 10.3 Å². The highest BCUT2D eigenvalue weighted by Gasteiger charge is 2.35. The lowest BCUT2D eigenvalue weighted by atomic mass is 10.1. The molecular weight excluding hydrogens is 465 g/mol. The number of carbonyl (C=O) groups excluding carboxylic acids is 2. The fraction of sp³-hybridized carbons (Fsp3) is 0.222. The topological polar surface area (TPSA) is 71.0 Å². The second-order valence-corrected chi connectivity index (χ2v) is 9.21. The van der Waals surface area contributed by atoms with Crippen LogP contribution in [0.4, 0.5) is 10.1 Å². The van der Waals surface area contributed by atoms with Gasteiger partial charge in [-0.1, -0.05) is 54.2 Å². The van der Waals surface area contributed by atoms with E-state index in [-0.39, 0.29) is 24.1 Å². The molecule has 1 aliphatic heterocycles. The van der Waals surface area contributed by atoms with Crippen molar-refractivity contribution in [1.82, 2.24) is 10.2 Å². The van der Waals surface area contributed by atoms with Gasteiger partial charge in [-0.15, -0.1) is 0 Å². The first-order chi connectivity index (χ1) is 17.0. The van der Waals surface area contributed by atoms with Crippen LogP contribution >= 0.6 is 11.8 Å². The van der Waals surface area contributed by atoms with E-state index in [1.807, 2.05) is 54.6 Å². The number of hydrogen-bond acceptors (Lipinski definition) is 5. The third kappa shape index (κ3) is 6.70. The van der Waals surface area contributed by atoms with Crippen molar-refractivity contribution in [2.24, 2.45) is 4.99 Å². The molecule has 1 fully saturated rings. The Balaban J connectivity index is 1.49. The maximum Gasteiger partial charge on any atom is 0.234 e. The predicted octanol–water partition coefficient (Wildman–Crippen LogP) is 4.72. The summed E-state index contributed by atoms with van der Waals surface area (Å²) in [4.78, 5) is 32.2. The van der Waals surface area contributed by atoms with Gasteiger partial charge in [0.2, 0.25) is 11.8 Å². The van der Waals surface area contributed by atoms with E-state index in [1.54, 1.807) is 24.1 Å².